The van der Waals surface area contributed by atoms with Gasteiger partial charge in [-0.3, -0.25) is 4.99 Å². The highest BCUT2D eigenvalue weighted by atomic mass is 14.8. The van der Waals surface area contributed by atoms with E-state index in [-0.39, 0.29) is 0 Å². The summed E-state index contributed by atoms with van der Waals surface area (Å²) in [6, 6.07) is 18.6. The summed E-state index contributed by atoms with van der Waals surface area (Å²) in [6.07, 6.45) is 40.5. The van der Waals surface area contributed by atoms with Crippen LogP contribution in [-0.4, -0.2) is 12.3 Å². The molecule has 0 saturated carbocycles. The van der Waals surface area contributed by atoms with Crippen molar-refractivity contribution in [2.24, 2.45) is 34.6 Å². The summed E-state index contributed by atoms with van der Waals surface area (Å²) in [5.74, 6) is 2.26. The first-order valence-electron chi connectivity index (χ1n) is 18.7. The van der Waals surface area contributed by atoms with Crippen molar-refractivity contribution in [2.75, 3.05) is 0 Å². The van der Waals surface area contributed by atoms with Crippen LogP contribution in [0.25, 0.3) is 32.7 Å². The minimum atomic E-state index is 0.326. The average molecular weight is 642 g/mol. The van der Waals surface area contributed by atoms with Crippen molar-refractivity contribution in [3.05, 3.63) is 156 Å². The molecule has 1 heteroatoms. The number of fused-ring (bicyclic) bond motifs is 3. The zero-order chi connectivity index (χ0) is 33.7. The zero-order valence-corrected chi connectivity index (χ0v) is 29.7. The smallest absolute Gasteiger partial charge is 0.0532 e. The number of hydrogen-bond acceptors (Lipinski definition) is 1. The highest BCUT2D eigenvalue weighted by Gasteiger charge is 2.31. The molecule has 0 bridgehead atoms. The Kier molecular flexibility index (Phi) is 10.1. The minimum Gasteiger partial charge on any atom is -0.294 e. The van der Waals surface area contributed by atoms with Crippen molar-refractivity contribution in [3.8, 4) is 0 Å². The number of allylic oxidation sites excluding steroid dienone is 18. The molecular formula is C48H51N. The molecule has 0 aliphatic heterocycles. The van der Waals surface area contributed by atoms with Crippen LogP contribution in [-0.2, 0) is 0 Å². The Morgan fingerprint density at radius 2 is 1.55 bits per heavy atom. The van der Waals surface area contributed by atoms with E-state index in [0.29, 0.717) is 35.6 Å². The highest BCUT2D eigenvalue weighted by Crippen LogP contribution is 2.46. The quantitative estimate of drug-likeness (QED) is 0.163. The first kappa shape index (κ1) is 33.0. The van der Waals surface area contributed by atoms with Crippen molar-refractivity contribution >= 4 is 38.9 Å². The third kappa shape index (κ3) is 6.73. The summed E-state index contributed by atoms with van der Waals surface area (Å²) in [6.45, 7) is 9.13. The lowest BCUT2D eigenvalue weighted by atomic mass is 9.72. The fourth-order valence-corrected chi connectivity index (χ4v) is 8.67. The Morgan fingerprint density at radius 3 is 2.24 bits per heavy atom. The van der Waals surface area contributed by atoms with Gasteiger partial charge >= 0.3 is 0 Å². The maximum atomic E-state index is 5.31. The van der Waals surface area contributed by atoms with Gasteiger partial charge in [0.2, 0.25) is 0 Å². The van der Waals surface area contributed by atoms with E-state index >= 15 is 0 Å². The van der Waals surface area contributed by atoms with Crippen LogP contribution in [0.4, 0.5) is 0 Å². The second kappa shape index (κ2) is 15.0. The largest absolute Gasteiger partial charge is 0.294 e. The Balaban J connectivity index is 1.34. The summed E-state index contributed by atoms with van der Waals surface area (Å²) in [4.78, 5) is 5.31. The van der Waals surface area contributed by atoms with Crippen LogP contribution in [0.3, 0.4) is 0 Å². The predicted octanol–water partition coefficient (Wildman–Crippen LogP) is 13.0. The fourth-order valence-electron chi connectivity index (χ4n) is 8.67. The maximum Gasteiger partial charge on any atom is 0.0532 e. The van der Waals surface area contributed by atoms with Gasteiger partial charge in [0.25, 0.3) is 0 Å². The van der Waals surface area contributed by atoms with Crippen LogP contribution >= 0.6 is 0 Å². The number of benzene rings is 3. The molecule has 3 aromatic carbocycles. The molecule has 0 heterocycles. The molecule has 0 aromatic heterocycles. The van der Waals surface area contributed by atoms with Crippen molar-refractivity contribution in [2.45, 2.75) is 65.8 Å². The number of aliphatic imine (C=N–C) groups is 1. The molecule has 49 heavy (non-hydrogen) atoms. The van der Waals surface area contributed by atoms with E-state index < -0.39 is 0 Å². The maximum absolute atomic E-state index is 5.31. The topological polar surface area (TPSA) is 12.4 Å². The van der Waals surface area contributed by atoms with Gasteiger partial charge in [-0.15, -0.1) is 0 Å². The standard InChI is InChI=1S/C48H51N/c1-5-15-41(39-23-14-24-40(34(39)4)46(16-6-2)49-30-29-35-17-8-7-9-18-35)48-44-21-12-10-19-42(44)47(43-20-11-13-22-45(43)48)38-28-27-36-31-33(3)25-26-37(36)32-38/h5,7-15,17,19-23,25-28,30-32,34-37,40,46H,6,16,18,24,29H2,1-4H3/b15-5-,41-39+,49-30-. The molecule has 0 fully saturated rings. The van der Waals surface area contributed by atoms with E-state index in [1.165, 1.54) is 55.0 Å². The molecule has 4 aliphatic rings. The molecule has 6 atom stereocenters. The molecule has 1 nitrogen and oxygen atoms in total. The molecule has 0 radical (unpaired) electrons. The minimum absolute atomic E-state index is 0.326. The van der Waals surface area contributed by atoms with Gasteiger partial charge in [-0.25, -0.2) is 0 Å². The number of nitrogens with zero attached hydrogens (tertiary/aromatic N) is 1. The first-order chi connectivity index (χ1) is 24.1. The van der Waals surface area contributed by atoms with Crippen LogP contribution in [0.15, 0.2) is 150 Å². The molecule has 6 unspecified atom stereocenters. The van der Waals surface area contributed by atoms with Gasteiger partial charge in [-0.1, -0.05) is 159 Å². The summed E-state index contributed by atoms with van der Waals surface area (Å²) in [7, 11) is 0. The average Bonchev–Trinajstić information content (AvgIpc) is 3.13. The Morgan fingerprint density at radius 1 is 0.837 bits per heavy atom. The molecule has 0 saturated heterocycles. The zero-order valence-electron chi connectivity index (χ0n) is 29.7. The van der Waals surface area contributed by atoms with Crippen molar-refractivity contribution < 1.29 is 0 Å². The molecule has 0 N–H and O–H groups in total. The Bertz CT molecular complexity index is 1960. The molecule has 0 spiro atoms. The molecule has 7 rings (SSSR count). The van der Waals surface area contributed by atoms with Gasteiger partial charge in [0.15, 0.2) is 0 Å². The van der Waals surface area contributed by atoms with Gasteiger partial charge in [-0.2, -0.15) is 0 Å². The second-order valence-electron chi connectivity index (χ2n) is 14.4. The van der Waals surface area contributed by atoms with Crippen molar-refractivity contribution in [1.29, 1.82) is 0 Å². The van der Waals surface area contributed by atoms with Gasteiger partial charge in [0.1, 0.15) is 0 Å². The van der Waals surface area contributed by atoms with E-state index in [9.17, 15) is 0 Å². The lowest BCUT2D eigenvalue weighted by molar-refractivity contribution is 0.319. The van der Waals surface area contributed by atoms with Gasteiger partial charge in [-0.05, 0) is 113 Å². The Labute approximate surface area is 294 Å². The third-order valence-electron chi connectivity index (χ3n) is 11.2. The number of hydrogen-bond donors (Lipinski definition) is 0. The van der Waals surface area contributed by atoms with Crippen LogP contribution in [0.1, 0.15) is 70.9 Å². The lowest BCUT2D eigenvalue weighted by Crippen LogP contribution is -2.28. The van der Waals surface area contributed by atoms with Crippen LogP contribution in [0.2, 0.25) is 0 Å². The third-order valence-corrected chi connectivity index (χ3v) is 11.2. The molecular weight excluding hydrogens is 591 g/mol. The van der Waals surface area contributed by atoms with Crippen LogP contribution in [0.5, 0.6) is 0 Å². The van der Waals surface area contributed by atoms with Gasteiger partial charge < -0.3 is 0 Å². The Hall–Kier alpha value is -4.49. The van der Waals surface area contributed by atoms with Crippen molar-refractivity contribution in [3.63, 3.8) is 0 Å². The highest BCUT2D eigenvalue weighted by molar-refractivity contribution is 6.18. The summed E-state index contributed by atoms with van der Waals surface area (Å²) in [5, 5.41) is 5.29. The molecule has 4 aliphatic carbocycles. The van der Waals surface area contributed by atoms with E-state index in [2.05, 4.69) is 168 Å². The van der Waals surface area contributed by atoms with Crippen molar-refractivity contribution in [1.82, 2.24) is 0 Å². The van der Waals surface area contributed by atoms with Gasteiger partial charge in [0, 0.05) is 11.8 Å². The van der Waals surface area contributed by atoms with E-state index in [1.54, 1.807) is 0 Å². The summed E-state index contributed by atoms with van der Waals surface area (Å²) < 4.78 is 0. The number of rotatable bonds is 9. The van der Waals surface area contributed by atoms with E-state index in [1.807, 2.05) is 0 Å². The monoisotopic (exact) mass is 641 g/mol. The summed E-state index contributed by atoms with van der Waals surface area (Å²) in [5.41, 5.74) is 8.15. The van der Waals surface area contributed by atoms with Crippen LogP contribution < -0.4 is 0 Å². The SMILES string of the molecule is C/C=C\C(=C1\C=CCC(C(CCC)/N=C\CC2C=CC=CC2)C1C)c1c2ccccc2c(C2=CC3C=CC(C)=CC3C=C2)c2ccccc12. The molecule has 3 aromatic rings. The van der Waals surface area contributed by atoms with E-state index in [0.717, 1.165) is 32.1 Å². The fraction of sp³-hybridized carbons (Fsp3) is 0.312. The first-order valence-corrected chi connectivity index (χ1v) is 18.7. The normalized spacial score (nSPS) is 26.5. The predicted molar refractivity (Wildman–Crippen MR) is 215 cm³/mol. The van der Waals surface area contributed by atoms with Crippen LogP contribution in [0, 0.1) is 29.6 Å². The van der Waals surface area contributed by atoms with Gasteiger partial charge in [0.05, 0.1) is 6.04 Å². The lowest BCUT2D eigenvalue weighted by Gasteiger charge is -2.34. The summed E-state index contributed by atoms with van der Waals surface area (Å²) >= 11 is 0. The van der Waals surface area contributed by atoms with E-state index in [4.69, 9.17) is 4.99 Å². The molecule has 248 valence electrons. The second-order valence-corrected chi connectivity index (χ2v) is 14.4. The molecule has 0 amide bonds.